The summed E-state index contributed by atoms with van der Waals surface area (Å²) in [6.07, 6.45) is 0.759. The molecule has 1 heterocycles. The molecule has 0 aliphatic rings. The van der Waals surface area contributed by atoms with E-state index in [9.17, 15) is 4.79 Å². The molecule has 0 spiro atoms. The molecule has 0 bridgehead atoms. The number of amides is 1. The molecule has 2 aromatic carbocycles. The van der Waals surface area contributed by atoms with E-state index in [1.807, 2.05) is 43.3 Å². The molecule has 3 rings (SSSR count). The molecule has 0 atom stereocenters. The van der Waals surface area contributed by atoms with E-state index in [0.29, 0.717) is 12.3 Å². The molecule has 0 saturated carbocycles. The van der Waals surface area contributed by atoms with E-state index in [0.717, 1.165) is 27.7 Å². The van der Waals surface area contributed by atoms with E-state index in [1.54, 1.807) is 0 Å². The Kier molecular flexibility index (Phi) is 5.20. The highest BCUT2D eigenvalue weighted by atomic mass is 79.9. The van der Waals surface area contributed by atoms with Crippen molar-refractivity contribution in [3.63, 3.8) is 0 Å². The second-order valence-corrected chi connectivity index (χ2v) is 6.56. The van der Waals surface area contributed by atoms with Gasteiger partial charge >= 0.3 is 0 Å². The summed E-state index contributed by atoms with van der Waals surface area (Å²) in [6.45, 7) is 2.59. The van der Waals surface area contributed by atoms with Crippen LogP contribution >= 0.6 is 15.9 Å². The van der Waals surface area contributed by atoms with Crippen molar-refractivity contribution in [3.8, 4) is 5.75 Å². The first-order chi connectivity index (χ1) is 11.6. The van der Waals surface area contributed by atoms with E-state index in [4.69, 9.17) is 4.74 Å². The van der Waals surface area contributed by atoms with Crippen LogP contribution in [0.4, 0.5) is 0 Å². The van der Waals surface area contributed by atoms with Crippen molar-refractivity contribution in [3.05, 3.63) is 64.3 Å². The molecule has 3 aromatic rings. The van der Waals surface area contributed by atoms with Gasteiger partial charge in [0.05, 0.1) is 4.47 Å². The number of aromatic nitrogens is 1. The lowest BCUT2D eigenvalue weighted by molar-refractivity contribution is -0.123. The van der Waals surface area contributed by atoms with Gasteiger partial charge in [-0.1, -0.05) is 24.3 Å². The third kappa shape index (κ3) is 4.17. The number of para-hydroxylation sites is 1. The van der Waals surface area contributed by atoms with Crippen LogP contribution < -0.4 is 10.1 Å². The molecule has 5 heteroatoms. The van der Waals surface area contributed by atoms with Gasteiger partial charge in [0, 0.05) is 24.2 Å². The van der Waals surface area contributed by atoms with Crippen LogP contribution in [-0.2, 0) is 11.2 Å². The molecular weight excluding hydrogens is 368 g/mol. The number of ether oxygens (including phenoxy) is 1. The smallest absolute Gasteiger partial charge is 0.257 e. The van der Waals surface area contributed by atoms with Crippen molar-refractivity contribution in [1.29, 1.82) is 0 Å². The van der Waals surface area contributed by atoms with Crippen molar-refractivity contribution in [2.45, 2.75) is 13.3 Å². The van der Waals surface area contributed by atoms with Crippen LogP contribution in [-0.4, -0.2) is 24.0 Å². The average Bonchev–Trinajstić information content (AvgIpc) is 2.96. The Labute approximate surface area is 149 Å². The van der Waals surface area contributed by atoms with Crippen LogP contribution in [0.2, 0.25) is 0 Å². The van der Waals surface area contributed by atoms with Gasteiger partial charge in [0.15, 0.2) is 6.61 Å². The molecule has 0 saturated heterocycles. The van der Waals surface area contributed by atoms with E-state index in [2.05, 4.69) is 38.4 Å². The number of rotatable bonds is 6. The Morgan fingerprint density at radius 3 is 2.83 bits per heavy atom. The SMILES string of the molecule is Cc1ccc(OCC(=O)NCCc2cc3ccccc3[nH]2)c(Br)c1. The van der Waals surface area contributed by atoms with E-state index in [-0.39, 0.29) is 12.5 Å². The predicted molar refractivity (Wildman–Crippen MR) is 99.4 cm³/mol. The lowest BCUT2D eigenvalue weighted by atomic mass is 10.2. The molecular formula is C19H19BrN2O2. The summed E-state index contributed by atoms with van der Waals surface area (Å²) in [5, 5.41) is 4.06. The zero-order valence-electron chi connectivity index (χ0n) is 13.4. The summed E-state index contributed by atoms with van der Waals surface area (Å²) < 4.78 is 6.39. The van der Waals surface area contributed by atoms with Gasteiger partial charge in [-0.25, -0.2) is 0 Å². The Morgan fingerprint density at radius 1 is 1.21 bits per heavy atom. The van der Waals surface area contributed by atoms with E-state index < -0.39 is 0 Å². The fourth-order valence-electron chi connectivity index (χ4n) is 2.52. The highest BCUT2D eigenvalue weighted by Gasteiger charge is 2.06. The molecule has 1 aromatic heterocycles. The lowest BCUT2D eigenvalue weighted by Gasteiger charge is -2.09. The summed E-state index contributed by atoms with van der Waals surface area (Å²) in [5.41, 5.74) is 3.36. The molecule has 0 aliphatic carbocycles. The summed E-state index contributed by atoms with van der Waals surface area (Å²) in [4.78, 5) is 15.2. The molecule has 4 nitrogen and oxygen atoms in total. The van der Waals surface area contributed by atoms with E-state index in [1.165, 1.54) is 5.39 Å². The van der Waals surface area contributed by atoms with Crippen molar-refractivity contribution < 1.29 is 9.53 Å². The maximum absolute atomic E-state index is 11.9. The summed E-state index contributed by atoms with van der Waals surface area (Å²) in [7, 11) is 0. The Morgan fingerprint density at radius 2 is 2.04 bits per heavy atom. The predicted octanol–water partition coefficient (Wildman–Crippen LogP) is 3.98. The number of fused-ring (bicyclic) bond motifs is 1. The number of carbonyl (C=O) groups is 1. The van der Waals surface area contributed by atoms with Crippen LogP contribution in [0.15, 0.2) is 53.0 Å². The molecule has 24 heavy (non-hydrogen) atoms. The van der Waals surface area contributed by atoms with Crippen molar-refractivity contribution >= 4 is 32.7 Å². The monoisotopic (exact) mass is 386 g/mol. The van der Waals surface area contributed by atoms with Crippen LogP contribution in [0.3, 0.4) is 0 Å². The summed E-state index contributed by atoms with van der Waals surface area (Å²) in [6, 6.07) is 16.0. The van der Waals surface area contributed by atoms with Crippen LogP contribution in [0.5, 0.6) is 5.75 Å². The molecule has 0 radical (unpaired) electrons. The fraction of sp³-hybridized carbons (Fsp3) is 0.211. The molecule has 0 aliphatic heterocycles. The quantitative estimate of drug-likeness (QED) is 0.673. The molecule has 0 unspecified atom stereocenters. The number of hydrogen-bond acceptors (Lipinski definition) is 2. The van der Waals surface area contributed by atoms with Crippen molar-refractivity contribution in [2.24, 2.45) is 0 Å². The normalized spacial score (nSPS) is 10.8. The number of halogens is 1. The number of carbonyl (C=O) groups excluding carboxylic acids is 1. The van der Waals surface area contributed by atoms with Gasteiger partial charge in [-0.2, -0.15) is 0 Å². The second kappa shape index (κ2) is 7.53. The van der Waals surface area contributed by atoms with Gasteiger partial charge in [-0.15, -0.1) is 0 Å². The first-order valence-corrected chi connectivity index (χ1v) is 8.63. The van der Waals surface area contributed by atoms with Gasteiger partial charge in [-0.3, -0.25) is 4.79 Å². The highest BCUT2D eigenvalue weighted by molar-refractivity contribution is 9.10. The molecule has 0 fully saturated rings. The van der Waals surface area contributed by atoms with Crippen molar-refractivity contribution in [1.82, 2.24) is 10.3 Å². The standard InChI is InChI=1S/C19H19BrN2O2/c1-13-6-7-18(16(20)10-13)24-12-19(23)21-9-8-15-11-14-4-2-3-5-17(14)22-15/h2-7,10-11,22H,8-9,12H2,1H3,(H,21,23). The third-order valence-corrected chi connectivity index (χ3v) is 4.37. The number of nitrogens with one attached hydrogen (secondary N) is 2. The third-order valence-electron chi connectivity index (χ3n) is 3.75. The van der Waals surface area contributed by atoms with Gasteiger partial charge in [0.1, 0.15) is 5.75 Å². The van der Waals surface area contributed by atoms with Crippen LogP contribution in [0.1, 0.15) is 11.3 Å². The largest absolute Gasteiger partial charge is 0.483 e. The molecule has 1 amide bonds. The number of aromatic amines is 1. The number of hydrogen-bond donors (Lipinski definition) is 2. The first-order valence-electron chi connectivity index (χ1n) is 7.84. The second-order valence-electron chi connectivity index (χ2n) is 5.70. The minimum Gasteiger partial charge on any atom is -0.483 e. The number of H-pyrrole nitrogens is 1. The molecule has 124 valence electrons. The Balaban J connectivity index is 1.45. The van der Waals surface area contributed by atoms with Gasteiger partial charge in [0.25, 0.3) is 5.91 Å². The van der Waals surface area contributed by atoms with Gasteiger partial charge < -0.3 is 15.0 Å². The van der Waals surface area contributed by atoms with Crippen LogP contribution in [0.25, 0.3) is 10.9 Å². The van der Waals surface area contributed by atoms with Crippen molar-refractivity contribution in [2.75, 3.05) is 13.2 Å². The topological polar surface area (TPSA) is 54.1 Å². The summed E-state index contributed by atoms with van der Waals surface area (Å²) >= 11 is 3.44. The first kappa shape index (κ1) is 16.6. The average molecular weight is 387 g/mol. The van der Waals surface area contributed by atoms with Gasteiger partial charge in [-0.05, 0) is 58.1 Å². The zero-order chi connectivity index (χ0) is 16.9. The lowest BCUT2D eigenvalue weighted by Crippen LogP contribution is -2.30. The maximum atomic E-state index is 11.9. The fourth-order valence-corrected chi connectivity index (χ4v) is 3.13. The minimum absolute atomic E-state index is 0.00830. The summed E-state index contributed by atoms with van der Waals surface area (Å²) in [5.74, 6) is 0.546. The van der Waals surface area contributed by atoms with Gasteiger partial charge in [0.2, 0.25) is 0 Å². The van der Waals surface area contributed by atoms with E-state index >= 15 is 0 Å². The van der Waals surface area contributed by atoms with Crippen LogP contribution in [0, 0.1) is 6.92 Å². The maximum Gasteiger partial charge on any atom is 0.257 e. The molecule has 2 N–H and O–H groups in total. The Bertz CT molecular complexity index is 824. The Hall–Kier alpha value is -2.27. The highest BCUT2D eigenvalue weighted by Crippen LogP contribution is 2.25. The number of aryl methyl sites for hydroxylation is 1. The zero-order valence-corrected chi connectivity index (χ0v) is 15.0. The number of benzene rings is 2. The minimum atomic E-state index is -0.126.